The first-order valence-corrected chi connectivity index (χ1v) is 8.58. The molecule has 24 heavy (non-hydrogen) atoms. The van der Waals surface area contributed by atoms with Gasteiger partial charge in [-0.1, -0.05) is 0 Å². The molecule has 1 saturated heterocycles. The zero-order valence-corrected chi connectivity index (χ0v) is 13.6. The molecule has 1 aromatic carbocycles. The molecule has 1 N–H and O–H groups in total. The maximum absolute atomic E-state index is 12.4. The summed E-state index contributed by atoms with van der Waals surface area (Å²) in [4.78, 5) is 19.1. The molecule has 3 heterocycles. The highest BCUT2D eigenvalue weighted by Crippen LogP contribution is 2.26. The van der Waals surface area contributed by atoms with Crippen LogP contribution in [0.15, 0.2) is 36.5 Å². The highest BCUT2D eigenvalue weighted by Gasteiger charge is 2.16. The summed E-state index contributed by atoms with van der Waals surface area (Å²) in [6, 6.07) is 9.47. The molecular formula is C19H21N3O2. The van der Waals surface area contributed by atoms with Crippen LogP contribution in [0, 0.1) is 0 Å². The van der Waals surface area contributed by atoms with Gasteiger partial charge in [0.15, 0.2) is 0 Å². The van der Waals surface area contributed by atoms with Gasteiger partial charge in [0.2, 0.25) is 0 Å². The first-order chi connectivity index (χ1) is 11.8. The van der Waals surface area contributed by atoms with Gasteiger partial charge < -0.3 is 15.0 Å². The number of nitrogens with one attached hydrogen (secondary N) is 1. The summed E-state index contributed by atoms with van der Waals surface area (Å²) in [5.74, 6) is 1.33. The molecule has 0 spiro atoms. The number of carbonyl (C=O) groups excluding carboxylic acids is 1. The van der Waals surface area contributed by atoms with E-state index in [0.29, 0.717) is 18.0 Å². The van der Waals surface area contributed by atoms with Gasteiger partial charge in [0.25, 0.3) is 5.91 Å². The number of anilines is 2. The topological polar surface area (TPSA) is 54.5 Å². The summed E-state index contributed by atoms with van der Waals surface area (Å²) in [5, 5.41) is 2.87. The molecule has 2 aromatic rings. The van der Waals surface area contributed by atoms with Gasteiger partial charge in [0.05, 0.1) is 18.5 Å². The number of piperidine rings is 1. The number of carbonyl (C=O) groups is 1. The van der Waals surface area contributed by atoms with Crippen LogP contribution in [0.5, 0.6) is 5.75 Å². The number of hydrogen-bond donors (Lipinski definition) is 1. The number of aromatic nitrogens is 1. The Bertz CT molecular complexity index is 737. The minimum atomic E-state index is -0.136. The van der Waals surface area contributed by atoms with Crippen LogP contribution in [0.4, 0.5) is 11.5 Å². The van der Waals surface area contributed by atoms with Gasteiger partial charge in [-0.15, -0.1) is 0 Å². The van der Waals surface area contributed by atoms with Crippen molar-refractivity contribution in [3.8, 4) is 5.75 Å². The maximum Gasteiger partial charge on any atom is 0.256 e. The molecule has 0 bridgehead atoms. The summed E-state index contributed by atoms with van der Waals surface area (Å²) in [7, 11) is 0. The first kappa shape index (κ1) is 15.0. The third-order valence-electron chi connectivity index (χ3n) is 4.66. The van der Waals surface area contributed by atoms with E-state index < -0.39 is 0 Å². The minimum absolute atomic E-state index is 0.136. The van der Waals surface area contributed by atoms with E-state index in [1.165, 1.54) is 19.3 Å². The van der Waals surface area contributed by atoms with Crippen LogP contribution in [0.2, 0.25) is 0 Å². The maximum atomic E-state index is 12.4. The number of rotatable bonds is 3. The van der Waals surface area contributed by atoms with Crippen molar-refractivity contribution in [3.63, 3.8) is 0 Å². The van der Waals surface area contributed by atoms with Gasteiger partial charge in [0.1, 0.15) is 11.6 Å². The van der Waals surface area contributed by atoms with Gasteiger partial charge in [-0.05, 0) is 55.2 Å². The summed E-state index contributed by atoms with van der Waals surface area (Å²) in [6.07, 6.45) is 6.49. The summed E-state index contributed by atoms with van der Waals surface area (Å²) < 4.78 is 5.47. The lowest BCUT2D eigenvalue weighted by atomic mass is 10.1. The van der Waals surface area contributed by atoms with E-state index in [9.17, 15) is 4.79 Å². The molecule has 2 aliphatic rings. The summed E-state index contributed by atoms with van der Waals surface area (Å²) in [6.45, 7) is 2.87. The van der Waals surface area contributed by atoms with E-state index in [0.717, 1.165) is 36.5 Å². The number of ether oxygens (including phenoxy) is 1. The lowest BCUT2D eigenvalue weighted by molar-refractivity contribution is 0.102. The van der Waals surface area contributed by atoms with E-state index >= 15 is 0 Å². The fraction of sp³-hybridized carbons (Fsp3) is 0.368. The van der Waals surface area contributed by atoms with Crippen molar-refractivity contribution in [2.24, 2.45) is 0 Å². The third kappa shape index (κ3) is 3.07. The van der Waals surface area contributed by atoms with Crippen LogP contribution >= 0.6 is 0 Å². The minimum Gasteiger partial charge on any atom is -0.493 e. The Morgan fingerprint density at radius 3 is 2.79 bits per heavy atom. The number of hydrogen-bond acceptors (Lipinski definition) is 4. The van der Waals surface area contributed by atoms with Crippen molar-refractivity contribution < 1.29 is 9.53 Å². The van der Waals surface area contributed by atoms with E-state index in [2.05, 4.69) is 15.2 Å². The highest BCUT2D eigenvalue weighted by atomic mass is 16.5. The van der Waals surface area contributed by atoms with Crippen molar-refractivity contribution in [2.45, 2.75) is 25.7 Å². The number of amides is 1. The second-order valence-corrected chi connectivity index (χ2v) is 6.32. The number of nitrogens with zero attached hydrogens (tertiary/aromatic N) is 2. The first-order valence-electron chi connectivity index (χ1n) is 8.58. The van der Waals surface area contributed by atoms with Crippen LogP contribution in [-0.2, 0) is 6.42 Å². The van der Waals surface area contributed by atoms with Crippen LogP contribution in [0.25, 0.3) is 0 Å². The molecule has 0 aliphatic carbocycles. The zero-order valence-electron chi connectivity index (χ0n) is 13.6. The molecule has 0 unspecified atom stereocenters. The fourth-order valence-corrected chi connectivity index (χ4v) is 3.32. The molecule has 1 aromatic heterocycles. The molecule has 5 nitrogen and oxygen atoms in total. The van der Waals surface area contributed by atoms with Crippen molar-refractivity contribution >= 4 is 17.4 Å². The quantitative estimate of drug-likeness (QED) is 0.942. The average molecular weight is 323 g/mol. The standard InChI is InChI=1S/C19H21N3O2/c23-19(15-4-6-17-14(12-15)8-11-24-17)21-18-7-5-16(13-20-18)22-9-2-1-3-10-22/h4-7,12-13H,1-3,8-11H2,(H,20,21,23). The Labute approximate surface area is 141 Å². The molecule has 0 saturated carbocycles. The van der Waals surface area contributed by atoms with Gasteiger partial charge in [-0.25, -0.2) is 4.98 Å². The fourth-order valence-electron chi connectivity index (χ4n) is 3.32. The largest absolute Gasteiger partial charge is 0.493 e. The SMILES string of the molecule is O=C(Nc1ccc(N2CCCCC2)cn1)c1ccc2c(c1)CCO2. The highest BCUT2D eigenvalue weighted by molar-refractivity contribution is 6.04. The molecule has 1 fully saturated rings. The molecule has 0 radical (unpaired) electrons. The van der Waals surface area contributed by atoms with Crippen molar-refractivity contribution in [2.75, 3.05) is 29.9 Å². The van der Waals surface area contributed by atoms with E-state index in [1.54, 1.807) is 6.07 Å². The smallest absolute Gasteiger partial charge is 0.256 e. The second-order valence-electron chi connectivity index (χ2n) is 6.32. The van der Waals surface area contributed by atoms with Crippen molar-refractivity contribution in [3.05, 3.63) is 47.7 Å². The number of fused-ring (bicyclic) bond motifs is 1. The van der Waals surface area contributed by atoms with Crippen LogP contribution < -0.4 is 15.0 Å². The predicted molar refractivity (Wildman–Crippen MR) is 93.9 cm³/mol. The Kier molecular flexibility index (Phi) is 4.07. The molecular weight excluding hydrogens is 302 g/mol. The Balaban J connectivity index is 1.44. The van der Waals surface area contributed by atoms with Crippen LogP contribution in [-0.4, -0.2) is 30.6 Å². The molecule has 0 atom stereocenters. The molecule has 2 aliphatic heterocycles. The van der Waals surface area contributed by atoms with Crippen LogP contribution in [0.3, 0.4) is 0 Å². The Morgan fingerprint density at radius 1 is 1.12 bits per heavy atom. The van der Waals surface area contributed by atoms with Gasteiger partial charge >= 0.3 is 0 Å². The number of pyridine rings is 1. The zero-order chi connectivity index (χ0) is 16.4. The second kappa shape index (κ2) is 6.51. The normalized spacial score (nSPS) is 16.4. The van der Waals surface area contributed by atoms with Gasteiger partial charge in [0, 0.05) is 25.1 Å². The number of benzene rings is 1. The van der Waals surface area contributed by atoms with E-state index in [-0.39, 0.29) is 5.91 Å². The van der Waals surface area contributed by atoms with E-state index in [4.69, 9.17) is 4.74 Å². The van der Waals surface area contributed by atoms with Crippen molar-refractivity contribution in [1.82, 2.24) is 4.98 Å². The monoisotopic (exact) mass is 323 g/mol. The Morgan fingerprint density at radius 2 is 2.00 bits per heavy atom. The predicted octanol–water partition coefficient (Wildman–Crippen LogP) is 3.26. The Hall–Kier alpha value is -2.56. The molecule has 5 heteroatoms. The van der Waals surface area contributed by atoms with Crippen molar-refractivity contribution in [1.29, 1.82) is 0 Å². The lowest BCUT2D eigenvalue weighted by Crippen LogP contribution is -2.29. The molecule has 4 rings (SSSR count). The summed E-state index contributed by atoms with van der Waals surface area (Å²) >= 11 is 0. The average Bonchev–Trinajstić information content (AvgIpc) is 3.11. The lowest BCUT2D eigenvalue weighted by Gasteiger charge is -2.28. The van der Waals surface area contributed by atoms with Gasteiger partial charge in [-0.2, -0.15) is 0 Å². The van der Waals surface area contributed by atoms with Gasteiger partial charge in [-0.3, -0.25) is 4.79 Å². The molecule has 1 amide bonds. The van der Waals surface area contributed by atoms with Crippen LogP contribution in [0.1, 0.15) is 35.2 Å². The molecule has 124 valence electrons. The van der Waals surface area contributed by atoms with E-state index in [1.807, 2.05) is 30.5 Å². The summed E-state index contributed by atoms with van der Waals surface area (Å²) in [5.41, 5.74) is 2.86. The third-order valence-corrected chi connectivity index (χ3v) is 4.66.